The highest BCUT2D eigenvalue weighted by Crippen LogP contribution is 2.30. The molecular formula is C18H24N2S. The second-order valence-electron chi connectivity index (χ2n) is 6.89. The summed E-state index contributed by atoms with van der Waals surface area (Å²) in [4.78, 5) is 7.27. The molecule has 0 spiro atoms. The lowest BCUT2D eigenvalue weighted by Crippen LogP contribution is -2.29. The molecule has 0 atom stereocenters. The van der Waals surface area contributed by atoms with Gasteiger partial charge in [0.1, 0.15) is 0 Å². The molecule has 0 unspecified atom stereocenters. The summed E-state index contributed by atoms with van der Waals surface area (Å²) in [6.45, 7) is 9.07. The van der Waals surface area contributed by atoms with E-state index in [1.807, 2.05) is 0 Å². The molecule has 1 aliphatic rings. The Hall–Kier alpha value is -1.35. The molecule has 21 heavy (non-hydrogen) atoms. The van der Waals surface area contributed by atoms with Gasteiger partial charge in [-0.2, -0.15) is 0 Å². The number of piperidine rings is 1. The number of anilines is 1. The van der Waals surface area contributed by atoms with E-state index in [-0.39, 0.29) is 5.41 Å². The quantitative estimate of drug-likeness (QED) is 0.767. The first-order valence-corrected chi connectivity index (χ1v) is 8.73. The SMILES string of the molecule is CC(C)(C)c1ccc(-c2csc(N3CCCCC3)n2)cc1. The number of thiazole rings is 1. The highest BCUT2D eigenvalue weighted by atomic mass is 32.1. The van der Waals surface area contributed by atoms with Gasteiger partial charge in [0, 0.05) is 24.0 Å². The van der Waals surface area contributed by atoms with Crippen LogP contribution in [0.15, 0.2) is 29.6 Å². The third kappa shape index (κ3) is 3.29. The van der Waals surface area contributed by atoms with Gasteiger partial charge in [0.25, 0.3) is 0 Å². The molecule has 0 bridgehead atoms. The number of aromatic nitrogens is 1. The predicted octanol–water partition coefficient (Wildman–Crippen LogP) is 5.10. The normalized spacial score (nSPS) is 16.2. The second-order valence-corrected chi connectivity index (χ2v) is 7.73. The highest BCUT2D eigenvalue weighted by molar-refractivity contribution is 7.14. The molecular weight excluding hydrogens is 276 g/mol. The van der Waals surface area contributed by atoms with Crippen molar-refractivity contribution in [3.63, 3.8) is 0 Å². The summed E-state index contributed by atoms with van der Waals surface area (Å²) in [6, 6.07) is 8.87. The topological polar surface area (TPSA) is 16.1 Å². The van der Waals surface area contributed by atoms with Crippen LogP contribution in [0.4, 0.5) is 5.13 Å². The van der Waals surface area contributed by atoms with Gasteiger partial charge in [-0.15, -0.1) is 11.3 Å². The van der Waals surface area contributed by atoms with Crippen molar-refractivity contribution in [1.29, 1.82) is 0 Å². The van der Waals surface area contributed by atoms with Crippen LogP contribution in [0, 0.1) is 0 Å². The third-order valence-electron chi connectivity index (χ3n) is 4.17. The number of rotatable bonds is 2. The summed E-state index contributed by atoms with van der Waals surface area (Å²) in [5.74, 6) is 0. The van der Waals surface area contributed by atoms with E-state index >= 15 is 0 Å². The Morgan fingerprint density at radius 1 is 1.00 bits per heavy atom. The summed E-state index contributed by atoms with van der Waals surface area (Å²) < 4.78 is 0. The molecule has 1 fully saturated rings. The molecule has 1 aliphatic heterocycles. The first-order valence-electron chi connectivity index (χ1n) is 7.85. The summed E-state index contributed by atoms with van der Waals surface area (Å²) in [5, 5.41) is 3.38. The van der Waals surface area contributed by atoms with Gasteiger partial charge in [-0.05, 0) is 30.2 Å². The molecule has 3 rings (SSSR count). The standard InChI is InChI=1S/C18H24N2S/c1-18(2,3)15-9-7-14(8-10-15)16-13-21-17(19-16)20-11-5-4-6-12-20/h7-10,13H,4-6,11-12H2,1-3H3. The maximum atomic E-state index is 4.84. The van der Waals surface area contributed by atoms with Crippen molar-refractivity contribution in [2.24, 2.45) is 0 Å². The summed E-state index contributed by atoms with van der Waals surface area (Å²) >= 11 is 1.78. The van der Waals surface area contributed by atoms with Gasteiger partial charge in [-0.1, -0.05) is 45.0 Å². The minimum atomic E-state index is 0.208. The Labute approximate surface area is 131 Å². The molecule has 0 saturated carbocycles. The van der Waals surface area contributed by atoms with Crippen LogP contribution in [0.2, 0.25) is 0 Å². The molecule has 0 aliphatic carbocycles. The first kappa shape index (κ1) is 14.6. The molecule has 2 nitrogen and oxygen atoms in total. The van der Waals surface area contributed by atoms with Crippen molar-refractivity contribution < 1.29 is 0 Å². The van der Waals surface area contributed by atoms with Crippen molar-refractivity contribution in [3.8, 4) is 11.3 Å². The summed E-state index contributed by atoms with van der Waals surface area (Å²) in [6.07, 6.45) is 3.97. The van der Waals surface area contributed by atoms with Gasteiger partial charge in [-0.3, -0.25) is 0 Å². The average Bonchev–Trinajstić information content (AvgIpc) is 2.97. The number of nitrogens with zero attached hydrogens (tertiary/aromatic N) is 2. The van der Waals surface area contributed by atoms with Crippen molar-refractivity contribution >= 4 is 16.5 Å². The fourth-order valence-electron chi connectivity index (χ4n) is 2.77. The molecule has 2 heterocycles. The van der Waals surface area contributed by atoms with Crippen LogP contribution >= 0.6 is 11.3 Å². The molecule has 1 aromatic heterocycles. The molecule has 112 valence electrons. The van der Waals surface area contributed by atoms with E-state index in [4.69, 9.17) is 4.98 Å². The van der Waals surface area contributed by atoms with Crippen LogP contribution in [0.3, 0.4) is 0 Å². The van der Waals surface area contributed by atoms with Crippen LogP contribution in [0.25, 0.3) is 11.3 Å². The first-order chi connectivity index (χ1) is 10.0. The monoisotopic (exact) mass is 300 g/mol. The lowest BCUT2D eigenvalue weighted by molar-refractivity contribution is 0.577. The minimum Gasteiger partial charge on any atom is -0.348 e. The Balaban J connectivity index is 1.79. The largest absolute Gasteiger partial charge is 0.348 e. The van der Waals surface area contributed by atoms with E-state index in [2.05, 4.69) is 55.3 Å². The smallest absolute Gasteiger partial charge is 0.185 e. The minimum absolute atomic E-state index is 0.208. The zero-order valence-electron chi connectivity index (χ0n) is 13.2. The molecule has 0 radical (unpaired) electrons. The highest BCUT2D eigenvalue weighted by Gasteiger charge is 2.16. The fraction of sp³-hybridized carbons (Fsp3) is 0.500. The molecule has 2 aromatic rings. The van der Waals surface area contributed by atoms with E-state index < -0.39 is 0 Å². The molecule has 0 amide bonds. The third-order valence-corrected chi connectivity index (χ3v) is 5.07. The van der Waals surface area contributed by atoms with Crippen molar-refractivity contribution in [2.45, 2.75) is 45.4 Å². The fourth-order valence-corrected chi connectivity index (χ4v) is 3.66. The van der Waals surface area contributed by atoms with Crippen LogP contribution in [0.5, 0.6) is 0 Å². The van der Waals surface area contributed by atoms with Crippen LogP contribution in [-0.4, -0.2) is 18.1 Å². The summed E-state index contributed by atoms with van der Waals surface area (Å²) in [5.41, 5.74) is 3.92. The number of hydrogen-bond donors (Lipinski definition) is 0. The lowest BCUT2D eigenvalue weighted by atomic mass is 9.86. The van der Waals surface area contributed by atoms with Gasteiger partial charge < -0.3 is 4.90 Å². The van der Waals surface area contributed by atoms with Crippen molar-refractivity contribution in [1.82, 2.24) is 4.98 Å². The number of benzene rings is 1. The van der Waals surface area contributed by atoms with Crippen molar-refractivity contribution in [2.75, 3.05) is 18.0 Å². The molecule has 3 heteroatoms. The average molecular weight is 300 g/mol. The van der Waals surface area contributed by atoms with E-state index in [1.54, 1.807) is 11.3 Å². The van der Waals surface area contributed by atoms with E-state index in [9.17, 15) is 0 Å². The zero-order chi connectivity index (χ0) is 14.9. The predicted molar refractivity (Wildman–Crippen MR) is 92.3 cm³/mol. The lowest BCUT2D eigenvalue weighted by Gasteiger charge is -2.25. The van der Waals surface area contributed by atoms with Gasteiger partial charge in [0.2, 0.25) is 0 Å². The zero-order valence-corrected chi connectivity index (χ0v) is 14.0. The van der Waals surface area contributed by atoms with Gasteiger partial charge in [0.15, 0.2) is 5.13 Å². The Morgan fingerprint density at radius 3 is 2.29 bits per heavy atom. The Kier molecular flexibility index (Phi) is 4.03. The number of hydrogen-bond acceptors (Lipinski definition) is 3. The molecule has 1 aromatic carbocycles. The Morgan fingerprint density at radius 2 is 1.67 bits per heavy atom. The van der Waals surface area contributed by atoms with E-state index in [0.717, 1.165) is 18.8 Å². The van der Waals surface area contributed by atoms with Crippen LogP contribution < -0.4 is 4.90 Å². The van der Waals surface area contributed by atoms with Gasteiger partial charge in [0.05, 0.1) is 5.69 Å². The van der Waals surface area contributed by atoms with Crippen LogP contribution in [-0.2, 0) is 5.41 Å². The maximum absolute atomic E-state index is 4.84. The van der Waals surface area contributed by atoms with E-state index in [0.29, 0.717) is 0 Å². The second kappa shape index (κ2) is 5.80. The summed E-state index contributed by atoms with van der Waals surface area (Å²) in [7, 11) is 0. The van der Waals surface area contributed by atoms with Crippen LogP contribution in [0.1, 0.15) is 45.6 Å². The van der Waals surface area contributed by atoms with Gasteiger partial charge in [-0.25, -0.2) is 4.98 Å². The van der Waals surface area contributed by atoms with Crippen molar-refractivity contribution in [3.05, 3.63) is 35.2 Å². The molecule has 0 N–H and O–H groups in total. The van der Waals surface area contributed by atoms with E-state index in [1.165, 1.54) is 35.5 Å². The molecule has 1 saturated heterocycles. The maximum Gasteiger partial charge on any atom is 0.185 e. The Bertz CT molecular complexity index is 586. The van der Waals surface area contributed by atoms with Gasteiger partial charge >= 0.3 is 0 Å².